The van der Waals surface area contributed by atoms with Gasteiger partial charge in [0.15, 0.2) is 0 Å². The minimum absolute atomic E-state index is 0.310. The zero-order valence-electron chi connectivity index (χ0n) is 11.1. The SMILES string of the molecule is COC(C)CNC(C)CC1CCCCCN1. The van der Waals surface area contributed by atoms with Gasteiger partial charge < -0.3 is 15.4 Å². The minimum atomic E-state index is 0.310. The molecule has 0 aromatic heterocycles. The van der Waals surface area contributed by atoms with Crippen molar-refractivity contribution in [3.05, 3.63) is 0 Å². The van der Waals surface area contributed by atoms with Crippen molar-refractivity contribution in [1.82, 2.24) is 10.6 Å². The van der Waals surface area contributed by atoms with Gasteiger partial charge in [0.2, 0.25) is 0 Å². The van der Waals surface area contributed by atoms with Gasteiger partial charge in [-0.05, 0) is 39.7 Å². The first-order chi connectivity index (χ1) is 7.72. The van der Waals surface area contributed by atoms with Crippen LogP contribution in [-0.2, 0) is 4.74 Å². The first-order valence-corrected chi connectivity index (χ1v) is 6.72. The van der Waals surface area contributed by atoms with Crippen LogP contribution >= 0.6 is 0 Å². The molecule has 1 fully saturated rings. The molecular formula is C13H28N2O. The monoisotopic (exact) mass is 228 g/mol. The average Bonchev–Trinajstić information content (AvgIpc) is 2.54. The third-order valence-corrected chi connectivity index (χ3v) is 3.46. The molecule has 0 saturated carbocycles. The van der Waals surface area contributed by atoms with Gasteiger partial charge in [0.05, 0.1) is 6.10 Å². The fourth-order valence-electron chi connectivity index (χ4n) is 2.26. The quantitative estimate of drug-likeness (QED) is 0.729. The summed E-state index contributed by atoms with van der Waals surface area (Å²) < 4.78 is 5.23. The van der Waals surface area contributed by atoms with Crippen LogP contribution in [0.25, 0.3) is 0 Å². The number of methoxy groups -OCH3 is 1. The van der Waals surface area contributed by atoms with E-state index in [0.29, 0.717) is 18.2 Å². The van der Waals surface area contributed by atoms with Gasteiger partial charge in [-0.15, -0.1) is 0 Å². The topological polar surface area (TPSA) is 33.3 Å². The van der Waals surface area contributed by atoms with Gasteiger partial charge in [-0.25, -0.2) is 0 Å². The lowest BCUT2D eigenvalue weighted by Crippen LogP contribution is -2.39. The predicted octanol–water partition coefficient (Wildman–Crippen LogP) is 1.92. The van der Waals surface area contributed by atoms with Crippen molar-refractivity contribution in [3.8, 4) is 0 Å². The number of ether oxygens (including phenoxy) is 1. The van der Waals surface area contributed by atoms with Crippen LogP contribution in [0, 0.1) is 0 Å². The predicted molar refractivity (Wildman–Crippen MR) is 68.8 cm³/mol. The molecule has 1 aliphatic rings. The van der Waals surface area contributed by atoms with Gasteiger partial charge in [0.1, 0.15) is 0 Å². The molecule has 0 radical (unpaired) electrons. The Bertz CT molecular complexity index is 167. The van der Waals surface area contributed by atoms with Crippen LogP contribution in [0.1, 0.15) is 46.0 Å². The van der Waals surface area contributed by atoms with Gasteiger partial charge in [-0.3, -0.25) is 0 Å². The Kier molecular flexibility index (Phi) is 7.01. The molecule has 2 N–H and O–H groups in total. The van der Waals surface area contributed by atoms with Crippen molar-refractivity contribution >= 4 is 0 Å². The molecular weight excluding hydrogens is 200 g/mol. The highest BCUT2D eigenvalue weighted by Crippen LogP contribution is 2.12. The molecule has 0 aromatic carbocycles. The van der Waals surface area contributed by atoms with E-state index in [1.807, 2.05) is 0 Å². The second-order valence-corrected chi connectivity index (χ2v) is 5.09. The van der Waals surface area contributed by atoms with Gasteiger partial charge in [-0.1, -0.05) is 12.8 Å². The fraction of sp³-hybridized carbons (Fsp3) is 1.00. The molecule has 1 rings (SSSR count). The van der Waals surface area contributed by atoms with Crippen LogP contribution < -0.4 is 10.6 Å². The van der Waals surface area contributed by atoms with E-state index >= 15 is 0 Å². The third kappa shape index (κ3) is 5.83. The van der Waals surface area contributed by atoms with E-state index < -0.39 is 0 Å². The Balaban J connectivity index is 2.14. The first kappa shape index (κ1) is 13.9. The second kappa shape index (κ2) is 8.04. The van der Waals surface area contributed by atoms with Crippen molar-refractivity contribution < 1.29 is 4.74 Å². The van der Waals surface area contributed by atoms with Gasteiger partial charge in [-0.2, -0.15) is 0 Å². The summed E-state index contributed by atoms with van der Waals surface area (Å²) in [5.74, 6) is 0. The van der Waals surface area contributed by atoms with Crippen LogP contribution in [0.2, 0.25) is 0 Å². The molecule has 1 saturated heterocycles. The van der Waals surface area contributed by atoms with Crippen LogP contribution in [0.4, 0.5) is 0 Å². The summed E-state index contributed by atoms with van der Waals surface area (Å²) >= 11 is 0. The van der Waals surface area contributed by atoms with Crippen molar-refractivity contribution in [2.75, 3.05) is 20.2 Å². The third-order valence-electron chi connectivity index (χ3n) is 3.46. The van der Waals surface area contributed by atoms with Crippen molar-refractivity contribution in [3.63, 3.8) is 0 Å². The summed E-state index contributed by atoms with van der Waals surface area (Å²) in [5, 5.41) is 7.18. The number of nitrogens with one attached hydrogen (secondary N) is 2. The molecule has 1 aliphatic heterocycles. The molecule has 1 heterocycles. The van der Waals surface area contributed by atoms with Crippen molar-refractivity contribution in [1.29, 1.82) is 0 Å². The highest BCUT2D eigenvalue weighted by atomic mass is 16.5. The highest BCUT2D eigenvalue weighted by molar-refractivity contribution is 4.76. The molecule has 0 bridgehead atoms. The van der Waals surface area contributed by atoms with E-state index in [4.69, 9.17) is 4.74 Å². The van der Waals surface area contributed by atoms with Gasteiger partial charge in [0.25, 0.3) is 0 Å². The molecule has 0 spiro atoms. The molecule has 16 heavy (non-hydrogen) atoms. The summed E-state index contributed by atoms with van der Waals surface area (Å²) in [6.45, 7) is 6.52. The maximum Gasteiger partial charge on any atom is 0.0667 e. The smallest absolute Gasteiger partial charge is 0.0667 e. The van der Waals surface area contributed by atoms with E-state index in [9.17, 15) is 0 Å². The van der Waals surface area contributed by atoms with E-state index in [0.717, 1.165) is 6.54 Å². The molecule has 3 heteroatoms. The Morgan fingerprint density at radius 1 is 1.31 bits per heavy atom. The second-order valence-electron chi connectivity index (χ2n) is 5.09. The number of rotatable bonds is 6. The molecule has 0 aromatic rings. The van der Waals surface area contributed by atoms with Crippen molar-refractivity contribution in [2.45, 2.75) is 64.1 Å². The lowest BCUT2D eigenvalue weighted by atomic mass is 10.0. The summed E-state index contributed by atoms with van der Waals surface area (Å²) in [6, 6.07) is 1.29. The first-order valence-electron chi connectivity index (χ1n) is 6.72. The van der Waals surface area contributed by atoms with E-state index in [1.165, 1.54) is 38.6 Å². The van der Waals surface area contributed by atoms with Gasteiger partial charge >= 0.3 is 0 Å². The van der Waals surface area contributed by atoms with Crippen LogP contribution in [0.3, 0.4) is 0 Å². The van der Waals surface area contributed by atoms with Crippen LogP contribution in [0.15, 0.2) is 0 Å². The largest absolute Gasteiger partial charge is 0.380 e. The highest BCUT2D eigenvalue weighted by Gasteiger charge is 2.14. The maximum absolute atomic E-state index is 5.23. The molecule has 0 aliphatic carbocycles. The number of hydrogen-bond donors (Lipinski definition) is 2. The zero-order valence-corrected chi connectivity index (χ0v) is 11.1. The molecule has 3 atom stereocenters. The molecule has 0 amide bonds. The maximum atomic E-state index is 5.23. The Morgan fingerprint density at radius 3 is 2.88 bits per heavy atom. The number of hydrogen-bond acceptors (Lipinski definition) is 3. The molecule has 3 nitrogen and oxygen atoms in total. The normalized spacial score (nSPS) is 26.1. The summed E-state index contributed by atoms with van der Waals surface area (Å²) in [7, 11) is 1.77. The summed E-state index contributed by atoms with van der Waals surface area (Å²) in [4.78, 5) is 0. The van der Waals surface area contributed by atoms with E-state index in [-0.39, 0.29) is 0 Å². The lowest BCUT2D eigenvalue weighted by molar-refractivity contribution is 0.114. The Hall–Kier alpha value is -0.120. The minimum Gasteiger partial charge on any atom is -0.380 e. The van der Waals surface area contributed by atoms with Crippen LogP contribution in [-0.4, -0.2) is 38.4 Å². The zero-order chi connectivity index (χ0) is 11.8. The molecule has 3 unspecified atom stereocenters. The Morgan fingerprint density at radius 2 is 2.12 bits per heavy atom. The summed E-state index contributed by atoms with van der Waals surface area (Å²) in [5.41, 5.74) is 0. The standard InChI is InChI=1S/C13H28N2O/c1-11(15-10-12(2)16-3)9-13-7-5-4-6-8-14-13/h11-15H,4-10H2,1-3H3. The lowest BCUT2D eigenvalue weighted by Gasteiger charge is -2.22. The summed E-state index contributed by atoms with van der Waals surface area (Å²) in [6.07, 6.45) is 7.01. The van der Waals surface area contributed by atoms with Gasteiger partial charge in [0, 0.05) is 25.7 Å². The van der Waals surface area contributed by atoms with E-state index in [1.54, 1.807) is 7.11 Å². The van der Waals surface area contributed by atoms with Crippen molar-refractivity contribution in [2.24, 2.45) is 0 Å². The van der Waals surface area contributed by atoms with E-state index in [2.05, 4.69) is 24.5 Å². The Labute approximate surface area is 100 Å². The fourth-order valence-corrected chi connectivity index (χ4v) is 2.26. The van der Waals surface area contributed by atoms with Crippen LogP contribution in [0.5, 0.6) is 0 Å². The molecule has 96 valence electrons. The average molecular weight is 228 g/mol.